The number of hydrogen-bond acceptors (Lipinski definition) is 10. The van der Waals surface area contributed by atoms with E-state index in [4.69, 9.17) is 30.6 Å². The highest BCUT2D eigenvalue weighted by molar-refractivity contribution is 7.67. The van der Waals surface area contributed by atoms with Gasteiger partial charge >= 0.3 is 7.60 Å². The highest BCUT2D eigenvalue weighted by atomic mass is 35.5. The van der Waals surface area contributed by atoms with Crippen LogP contribution in [0.1, 0.15) is 56.4 Å². The van der Waals surface area contributed by atoms with Crippen molar-refractivity contribution in [3.63, 3.8) is 0 Å². The lowest BCUT2D eigenvalue weighted by atomic mass is 9.72. The van der Waals surface area contributed by atoms with Gasteiger partial charge in [-0.05, 0) is 41.8 Å². The first-order valence-corrected chi connectivity index (χ1v) is 17.5. The minimum absolute atomic E-state index is 0.00642. The fraction of sp³-hybridized carbons (Fsp3) is 0.577. The molecular weight excluding hydrogens is 608 g/mol. The SMILES string of the molecule is O=P(O)(O)CP(O)OCC1OC(n2cnc3c(N4CC5(CCCCC5)CC4c4ccccc4)nc(Cl)nc32)C(O)C1O. The van der Waals surface area contributed by atoms with Crippen LogP contribution in [0.3, 0.4) is 0 Å². The number of fused-ring (bicyclic) bond motifs is 1. The predicted octanol–water partition coefficient (Wildman–Crippen LogP) is 3.46. The lowest BCUT2D eigenvalue weighted by molar-refractivity contribution is -0.0472. The van der Waals surface area contributed by atoms with Crippen LogP contribution in [-0.2, 0) is 13.8 Å². The zero-order valence-corrected chi connectivity index (χ0v) is 25.2. The molecule has 2 aromatic heterocycles. The Hall–Kier alpha value is -1.76. The first-order valence-electron chi connectivity index (χ1n) is 13.9. The molecule has 3 aromatic rings. The number of aliphatic hydroxyl groups excluding tert-OH is 2. The number of imidazole rings is 1. The van der Waals surface area contributed by atoms with Crippen molar-refractivity contribution >= 4 is 44.6 Å². The Bertz CT molecular complexity index is 1460. The third kappa shape index (κ3) is 6.10. The molecule has 0 bridgehead atoms. The normalized spacial score (nSPS) is 28.6. The number of hydrogen-bond donors (Lipinski definition) is 5. The fourth-order valence-electron chi connectivity index (χ4n) is 6.63. The third-order valence-electron chi connectivity index (χ3n) is 8.56. The van der Waals surface area contributed by atoms with Crippen molar-refractivity contribution in [1.82, 2.24) is 19.5 Å². The van der Waals surface area contributed by atoms with Gasteiger partial charge in [0.2, 0.25) is 5.28 Å². The van der Waals surface area contributed by atoms with Gasteiger partial charge in [-0.15, -0.1) is 0 Å². The second kappa shape index (κ2) is 12.0. The lowest BCUT2D eigenvalue weighted by Gasteiger charge is -2.33. The molecule has 228 valence electrons. The Morgan fingerprint density at radius 2 is 1.86 bits per heavy atom. The van der Waals surface area contributed by atoms with Gasteiger partial charge in [0.25, 0.3) is 0 Å². The summed E-state index contributed by atoms with van der Waals surface area (Å²) in [7, 11) is -6.94. The van der Waals surface area contributed by atoms with E-state index in [-0.39, 0.29) is 23.3 Å². The minimum Gasteiger partial charge on any atom is -0.387 e. The number of halogens is 1. The monoisotopic (exact) mass is 641 g/mol. The smallest absolute Gasteiger partial charge is 0.334 e. The average Bonchev–Trinajstić information content (AvgIpc) is 3.61. The highest BCUT2D eigenvalue weighted by Crippen LogP contribution is 2.53. The molecule has 2 saturated heterocycles. The standard InChI is InChI=1S/C26H34ClN5O8P2/c27-25-29-22(31-13-26(9-5-2-6-10-26)11-17(31)16-7-3-1-4-8-16)19-23(30-25)32(14-28-19)24-21(34)20(33)18(40-24)12-39-41(35)15-42(36,37)38/h1,3-4,7-8,14,17-18,20-21,24,33-35H,2,5-6,9-13,15H2,(H2,36,37,38). The van der Waals surface area contributed by atoms with E-state index >= 15 is 0 Å². The number of rotatable bonds is 8. The molecule has 0 radical (unpaired) electrons. The van der Waals surface area contributed by atoms with Gasteiger partial charge in [-0.2, -0.15) is 9.97 Å². The Kier molecular flexibility index (Phi) is 8.63. The zero-order valence-electron chi connectivity index (χ0n) is 22.7. The molecule has 6 unspecified atom stereocenters. The predicted molar refractivity (Wildman–Crippen MR) is 155 cm³/mol. The van der Waals surface area contributed by atoms with Crippen LogP contribution in [0.2, 0.25) is 5.28 Å². The number of nitrogens with zero attached hydrogens (tertiary/aromatic N) is 5. The number of anilines is 1. The van der Waals surface area contributed by atoms with Crippen molar-refractivity contribution in [1.29, 1.82) is 0 Å². The van der Waals surface area contributed by atoms with Crippen molar-refractivity contribution in [2.75, 3.05) is 24.0 Å². The first-order chi connectivity index (χ1) is 20.0. The van der Waals surface area contributed by atoms with Crippen LogP contribution < -0.4 is 4.90 Å². The molecule has 13 nitrogen and oxygen atoms in total. The van der Waals surface area contributed by atoms with E-state index in [1.807, 2.05) is 18.2 Å². The Morgan fingerprint density at radius 1 is 1.12 bits per heavy atom. The first kappa shape index (κ1) is 30.3. The summed E-state index contributed by atoms with van der Waals surface area (Å²) in [6.07, 6.45) is 3.39. The number of aliphatic hydroxyl groups is 2. The van der Waals surface area contributed by atoms with E-state index in [9.17, 15) is 19.7 Å². The number of aromatic nitrogens is 4. The van der Waals surface area contributed by atoms with Gasteiger partial charge in [-0.1, -0.05) is 49.6 Å². The summed E-state index contributed by atoms with van der Waals surface area (Å²) >= 11 is 6.49. The average molecular weight is 642 g/mol. The van der Waals surface area contributed by atoms with Gasteiger partial charge in [-0.25, -0.2) is 4.98 Å². The van der Waals surface area contributed by atoms with Gasteiger partial charge in [0.1, 0.15) is 24.2 Å². The number of benzene rings is 1. The number of ether oxygens (including phenoxy) is 1. The van der Waals surface area contributed by atoms with Crippen LogP contribution in [-0.4, -0.2) is 81.8 Å². The summed E-state index contributed by atoms with van der Waals surface area (Å²) in [6, 6.07) is 10.4. The van der Waals surface area contributed by atoms with Crippen LogP contribution in [0.5, 0.6) is 0 Å². The van der Waals surface area contributed by atoms with Gasteiger partial charge in [0.15, 0.2) is 31.6 Å². The topological polar surface area (TPSA) is 184 Å². The van der Waals surface area contributed by atoms with E-state index in [1.165, 1.54) is 35.7 Å². The van der Waals surface area contributed by atoms with Gasteiger partial charge in [-0.3, -0.25) is 9.13 Å². The van der Waals surface area contributed by atoms with Crippen molar-refractivity contribution in [3.05, 3.63) is 47.5 Å². The Balaban J connectivity index is 1.30. The molecule has 3 fully saturated rings. The second-order valence-electron chi connectivity index (χ2n) is 11.5. The highest BCUT2D eigenvalue weighted by Gasteiger charge is 2.47. The maximum absolute atomic E-state index is 11.1. The van der Waals surface area contributed by atoms with Gasteiger partial charge in [0.05, 0.1) is 19.0 Å². The fourth-order valence-corrected chi connectivity index (χ4v) is 8.70. The van der Waals surface area contributed by atoms with Gasteiger partial charge in [0, 0.05) is 6.54 Å². The summed E-state index contributed by atoms with van der Waals surface area (Å²) in [5.74, 6) is -0.250. The maximum atomic E-state index is 11.1. The summed E-state index contributed by atoms with van der Waals surface area (Å²) in [6.45, 7) is 0.417. The molecule has 0 amide bonds. The molecule has 6 atom stereocenters. The van der Waals surface area contributed by atoms with E-state index in [0.29, 0.717) is 17.0 Å². The molecule has 6 rings (SSSR count). The largest absolute Gasteiger partial charge is 0.387 e. The van der Waals surface area contributed by atoms with E-state index in [0.717, 1.165) is 25.8 Å². The van der Waals surface area contributed by atoms with Crippen molar-refractivity contribution < 1.29 is 38.7 Å². The van der Waals surface area contributed by atoms with E-state index < -0.39 is 46.4 Å². The quantitative estimate of drug-likeness (QED) is 0.179. The molecule has 16 heteroatoms. The molecule has 1 aromatic carbocycles. The molecule has 4 heterocycles. The lowest BCUT2D eigenvalue weighted by Crippen LogP contribution is -2.33. The zero-order chi connectivity index (χ0) is 29.6. The maximum Gasteiger partial charge on any atom is 0.334 e. The molecule has 3 aliphatic rings. The van der Waals surface area contributed by atoms with E-state index in [1.54, 1.807) is 0 Å². The molecule has 1 saturated carbocycles. The second-order valence-corrected chi connectivity index (χ2v) is 15.2. The molecular formula is C26H34ClN5O8P2. The molecule has 1 spiro atoms. The van der Waals surface area contributed by atoms with Crippen molar-refractivity contribution in [2.45, 2.75) is 69.1 Å². The van der Waals surface area contributed by atoms with Crippen molar-refractivity contribution in [2.24, 2.45) is 5.41 Å². The summed E-state index contributed by atoms with van der Waals surface area (Å²) < 4.78 is 23.7. The molecule has 42 heavy (non-hydrogen) atoms. The van der Waals surface area contributed by atoms with Crippen LogP contribution in [0.25, 0.3) is 11.2 Å². The molecule has 2 aliphatic heterocycles. The third-order valence-corrected chi connectivity index (χ3v) is 11.6. The molecule has 1 aliphatic carbocycles. The van der Waals surface area contributed by atoms with Crippen LogP contribution in [0, 0.1) is 5.41 Å². The Morgan fingerprint density at radius 3 is 2.57 bits per heavy atom. The van der Waals surface area contributed by atoms with Crippen LogP contribution >= 0.6 is 27.6 Å². The van der Waals surface area contributed by atoms with Gasteiger partial charge < -0.3 is 39.1 Å². The molecule has 5 N–H and O–H groups in total. The van der Waals surface area contributed by atoms with E-state index in [2.05, 4.69) is 32.0 Å². The minimum atomic E-state index is -4.49. The van der Waals surface area contributed by atoms with Crippen LogP contribution in [0.15, 0.2) is 36.7 Å². The summed E-state index contributed by atoms with van der Waals surface area (Å²) in [5.41, 5.74) is 2.16. The Labute approximate surface area is 248 Å². The summed E-state index contributed by atoms with van der Waals surface area (Å²) in [4.78, 5) is 43.9. The van der Waals surface area contributed by atoms with Crippen molar-refractivity contribution in [3.8, 4) is 0 Å². The summed E-state index contributed by atoms with van der Waals surface area (Å²) in [5, 5.41) is 21.5. The van der Waals surface area contributed by atoms with Crippen LogP contribution in [0.4, 0.5) is 5.82 Å².